The van der Waals surface area contributed by atoms with E-state index in [0.717, 1.165) is 12.0 Å². The fraction of sp³-hybridized carbons (Fsp3) is 0.227. The molecule has 2 N–H and O–H groups in total. The van der Waals surface area contributed by atoms with Crippen molar-refractivity contribution >= 4 is 11.7 Å². The molecule has 1 aromatic heterocycles. The number of carbonyl (C=O) groups excluding carboxylic acids is 1. The van der Waals surface area contributed by atoms with Gasteiger partial charge in [0, 0.05) is 44.0 Å². The average Bonchev–Trinajstić information content (AvgIpc) is 2.76. The van der Waals surface area contributed by atoms with E-state index in [0.29, 0.717) is 30.4 Å². The molecule has 1 heterocycles. The monoisotopic (exact) mass is 394 g/mol. The van der Waals surface area contributed by atoms with E-state index in [1.54, 1.807) is 31.4 Å². The number of methoxy groups -OCH3 is 1. The van der Waals surface area contributed by atoms with Crippen LogP contribution < -0.4 is 10.6 Å². The highest BCUT2D eigenvalue weighted by molar-refractivity contribution is 5.93. The van der Waals surface area contributed by atoms with Gasteiger partial charge >= 0.3 is 0 Å². The highest BCUT2D eigenvalue weighted by Gasteiger charge is 2.13. The molecule has 0 saturated carbocycles. The van der Waals surface area contributed by atoms with Crippen LogP contribution in [0.3, 0.4) is 0 Å². The molecule has 0 unspecified atom stereocenters. The number of ether oxygens (including phenoxy) is 1. The van der Waals surface area contributed by atoms with Gasteiger partial charge in [0.05, 0.1) is 0 Å². The maximum absolute atomic E-state index is 13.8. The number of aromatic nitrogens is 2. The fourth-order valence-electron chi connectivity index (χ4n) is 2.71. The number of hydrogen-bond acceptors (Lipinski definition) is 5. The summed E-state index contributed by atoms with van der Waals surface area (Å²) >= 11 is 0. The van der Waals surface area contributed by atoms with Gasteiger partial charge in [0.25, 0.3) is 5.91 Å². The van der Waals surface area contributed by atoms with Crippen LogP contribution in [-0.4, -0.2) is 36.1 Å². The van der Waals surface area contributed by atoms with Crippen LogP contribution in [-0.2, 0) is 11.3 Å². The average molecular weight is 394 g/mol. The quantitative estimate of drug-likeness (QED) is 0.542. The van der Waals surface area contributed by atoms with Crippen LogP contribution in [0.2, 0.25) is 0 Å². The number of anilines is 1. The van der Waals surface area contributed by atoms with E-state index in [9.17, 15) is 9.18 Å². The Balaban J connectivity index is 1.80. The lowest BCUT2D eigenvalue weighted by Crippen LogP contribution is -2.25. The van der Waals surface area contributed by atoms with Crippen LogP contribution in [0.4, 0.5) is 10.2 Å². The van der Waals surface area contributed by atoms with Crippen LogP contribution in [0.25, 0.3) is 11.4 Å². The van der Waals surface area contributed by atoms with E-state index in [2.05, 4.69) is 20.6 Å². The third-order valence-electron chi connectivity index (χ3n) is 4.22. The zero-order valence-electron chi connectivity index (χ0n) is 16.2. The number of halogens is 1. The van der Waals surface area contributed by atoms with E-state index < -0.39 is 5.91 Å². The van der Waals surface area contributed by atoms with Gasteiger partial charge in [-0.1, -0.05) is 48.5 Å². The summed E-state index contributed by atoms with van der Waals surface area (Å²) in [6, 6.07) is 17.4. The van der Waals surface area contributed by atoms with Gasteiger partial charge in [0.2, 0.25) is 0 Å². The summed E-state index contributed by atoms with van der Waals surface area (Å²) in [5.74, 6) is 0.234. The van der Waals surface area contributed by atoms with Crippen molar-refractivity contribution in [3.63, 3.8) is 0 Å². The molecule has 150 valence electrons. The van der Waals surface area contributed by atoms with Gasteiger partial charge in [-0.25, -0.2) is 14.4 Å². The molecule has 0 radical (unpaired) electrons. The molecule has 6 nitrogen and oxygen atoms in total. The molecule has 2 aromatic carbocycles. The third-order valence-corrected chi connectivity index (χ3v) is 4.22. The molecule has 0 atom stereocenters. The Morgan fingerprint density at radius 2 is 1.83 bits per heavy atom. The zero-order valence-corrected chi connectivity index (χ0v) is 16.2. The summed E-state index contributed by atoms with van der Waals surface area (Å²) < 4.78 is 18.8. The van der Waals surface area contributed by atoms with Crippen molar-refractivity contribution in [1.29, 1.82) is 0 Å². The lowest BCUT2D eigenvalue weighted by Gasteiger charge is -2.11. The van der Waals surface area contributed by atoms with Crippen molar-refractivity contribution in [1.82, 2.24) is 15.3 Å². The van der Waals surface area contributed by atoms with Crippen LogP contribution in [0.5, 0.6) is 0 Å². The molecule has 0 saturated heterocycles. The first-order valence-electron chi connectivity index (χ1n) is 9.36. The number of nitrogens with one attached hydrogen (secondary N) is 2. The van der Waals surface area contributed by atoms with Crippen molar-refractivity contribution in [2.75, 3.05) is 25.6 Å². The van der Waals surface area contributed by atoms with Crippen molar-refractivity contribution in [3.8, 4) is 11.4 Å². The Morgan fingerprint density at radius 1 is 1.07 bits per heavy atom. The van der Waals surface area contributed by atoms with Crippen LogP contribution in [0.15, 0.2) is 60.7 Å². The molecule has 0 fully saturated rings. The second-order valence-electron chi connectivity index (χ2n) is 6.38. The van der Waals surface area contributed by atoms with Crippen molar-refractivity contribution in [2.24, 2.45) is 0 Å². The minimum atomic E-state index is -0.396. The molecular formula is C22H23FN4O2. The van der Waals surface area contributed by atoms with Gasteiger partial charge in [-0.3, -0.25) is 4.79 Å². The minimum Gasteiger partial charge on any atom is -0.385 e. The SMILES string of the molecule is COCCCNc1cc(C(=O)NCc2ccccc2F)nc(-c2ccccc2)n1. The molecular weight excluding hydrogens is 371 g/mol. The summed E-state index contributed by atoms with van der Waals surface area (Å²) in [6.45, 7) is 1.35. The summed E-state index contributed by atoms with van der Waals surface area (Å²) in [5, 5.41) is 5.92. The van der Waals surface area contributed by atoms with Crippen LogP contribution in [0, 0.1) is 5.82 Å². The molecule has 1 amide bonds. The number of carbonyl (C=O) groups is 1. The lowest BCUT2D eigenvalue weighted by atomic mass is 10.2. The first-order chi connectivity index (χ1) is 14.2. The summed E-state index contributed by atoms with van der Waals surface area (Å²) in [4.78, 5) is 21.6. The van der Waals surface area contributed by atoms with Gasteiger partial charge < -0.3 is 15.4 Å². The molecule has 7 heteroatoms. The van der Waals surface area contributed by atoms with Gasteiger partial charge in [-0.05, 0) is 12.5 Å². The second-order valence-corrected chi connectivity index (χ2v) is 6.38. The van der Waals surface area contributed by atoms with Crippen molar-refractivity contribution in [3.05, 3.63) is 77.7 Å². The van der Waals surface area contributed by atoms with Crippen LogP contribution in [0.1, 0.15) is 22.5 Å². The number of hydrogen-bond donors (Lipinski definition) is 2. The van der Waals surface area contributed by atoms with Gasteiger partial charge in [0.15, 0.2) is 5.82 Å². The Kier molecular flexibility index (Phi) is 7.24. The molecule has 3 rings (SSSR count). The van der Waals surface area contributed by atoms with E-state index in [-0.39, 0.29) is 18.1 Å². The topological polar surface area (TPSA) is 76.1 Å². The second kappa shape index (κ2) is 10.3. The Morgan fingerprint density at radius 3 is 2.59 bits per heavy atom. The lowest BCUT2D eigenvalue weighted by molar-refractivity contribution is 0.0945. The third kappa shape index (κ3) is 5.83. The van der Waals surface area contributed by atoms with E-state index >= 15 is 0 Å². The van der Waals surface area contributed by atoms with Gasteiger partial charge in [-0.2, -0.15) is 0 Å². The molecule has 0 bridgehead atoms. The molecule has 0 aliphatic carbocycles. The number of benzene rings is 2. The molecule has 3 aromatic rings. The minimum absolute atomic E-state index is 0.0762. The number of amides is 1. The maximum Gasteiger partial charge on any atom is 0.270 e. The summed E-state index contributed by atoms with van der Waals surface area (Å²) in [7, 11) is 1.65. The van der Waals surface area contributed by atoms with E-state index in [1.165, 1.54) is 6.07 Å². The first-order valence-corrected chi connectivity index (χ1v) is 9.36. The summed E-state index contributed by atoms with van der Waals surface area (Å²) in [6.07, 6.45) is 0.802. The normalized spacial score (nSPS) is 10.6. The fourth-order valence-corrected chi connectivity index (χ4v) is 2.71. The molecule has 0 spiro atoms. The Labute approximate surface area is 169 Å². The van der Waals surface area contributed by atoms with Crippen LogP contribution >= 0.6 is 0 Å². The zero-order chi connectivity index (χ0) is 20.5. The highest BCUT2D eigenvalue weighted by atomic mass is 19.1. The van der Waals surface area contributed by atoms with E-state index in [1.807, 2.05) is 30.3 Å². The predicted molar refractivity (Wildman–Crippen MR) is 110 cm³/mol. The summed E-state index contributed by atoms with van der Waals surface area (Å²) in [5.41, 5.74) is 1.43. The first kappa shape index (κ1) is 20.4. The highest BCUT2D eigenvalue weighted by Crippen LogP contribution is 2.18. The largest absolute Gasteiger partial charge is 0.385 e. The molecule has 0 aliphatic rings. The van der Waals surface area contributed by atoms with Crippen molar-refractivity contribution < 1.29 is 13.9 Å². The Bertz CT molecular complexity index is 951. The smallest absolute Gasteiger partial charge is 0.270 e. The number of rotatable bonds is 9. The molecule has 29 heavy (non-hydrogen) atoms. The van der Waals surface area contributed by atoms with Crippen molar-refractivity contribution in [2.45, 2.75) is 13.0 Å². The molecule has 0 aliphatic heterocycles. The van der Waals surface area contributed by atoms with E-state index in [4.69, 9.17) is 4.74 Å². The predicted octanol–water partition coefficient (Wildman–Crippen LogP) is 3.66. The standard InChI is InChI=1S/C22H23FN4O2/c1-29-13-7-12-24-20-14-19(26-21(27-20)16-8-3-2-4-9-16)22(28)25-15-17-10-5-6-11-18(17)23/h2-6,8-11,14H,7,12-13,15H2,1H3,(H,25,28)(H,24,26,27). The van der Waals surface area contributed by atoms with Gasteiger partial charge in [0.1, 0.15) is 17.3 Å². The number of nitrogens with zero attached hydrogens (tertiary/aromatic N) is 2. The Hall–Kier alpha value is -3.32. The maximum atomic E-state index is 13.8. The van der Waals surface area contributed by atoms with Gasteiger partial charge in [-0.15, -0.1) is 0 Å².